The van der Waals surface area contributed by atoms with Crippen LogP contribution in [0.4, 0.5) is 4.39 Å². The molecule has 0 unspecified atom stereocenters. The Morgan fingerprint density at radius 3 is 2.61 bits per heavy atom. The van der Waals surface area contributed by atoms with E-state index >= 15 is 0 Å². The third kappa shape index (κ3) is 3.84. The Labute approximate surface area is 105 Å². The molecule has 0 fully saturated rings. The van der Waals surface area contributed by atoms with Crippen molar-refractivity contribution in [2.45, 2.75) is 26.2 Å². The number of unbranched alkanes of at least 4 members (excludes halogenated alkanes) is 2. The molecule has 4 nitrogen and oxygen atoms in total. The standard InChI is InChI=1S/C13H16FNO3/c1-2-3-4-7-15-12(16)10-6-5-9(13(17)18)8-11(10)14/h5-6,8H,2-4,7H2,1H3,(H,15,16)(H,17,18). The van der Waals surface area contributed by atoms with E-state index in [2.05, 4.69) is 5.32 Å². The number of carbonyl (C=O) groups is 2. The molecule has 0 aliphatic heterocycles. The average Bonchev–Trinajstić information content (AvgIpc) is 2.34. The molecule has 0 atom stereocenters. The van der Waals surface area contributed by atoms with Gasteiger partial charge in [-0.25, -0.2) is 9.18 Å². The van der Waals surface area contributed by atoms with E-state index in [1.54, 1.807) is 0 Å². The van der Waals surface area contributed by atoms with Gasteiger partial charge in [0.1, 0.15) is 5.82 Å². The highest BCUT2D eigenvalue weighted by molar-refractivity contribution is 5.96. The first-order chi connectivity index (χ1) is 8.56. The minimum Gasteiger partial charge on any atom is -0.478 e. The highest BCUT2D eigenvalue weighted by atomic mass is 19.1. The lowest BCUT2D eigenvalue weighted by molar-refractivity contribution is 0.0695. The zero-order valence-electron chi connectivity index (χ0n) is 10.2. The fourth-order valence-electron chi connectivity index (χ4n) is 1.50. The lowest BCUT2D eigenvalue weighted by Gasteiger charge is -2.06. The van der Waals surface area contributed by atoms with E-state index in [1.807, 2.05) is 6.92 Å². The van der Waals surface area contributed by atoms with Crippen LogP contribution in [0.5, 0.6) is 0 Å². The summed E-state index contributed by atoms with van der Waals surface area (Å²) in [5.74, 6) is -2.55. The Bertz CT molecular complexity index is 446. The van der Waals surface area contributed by atoms with Crippen LogP contribution in [-0.2, 0) is 0 Å². The molecule has 0 aliphatic rings. The molecule has 1 aromatic rings. The van der Waals surface area contributed by atoms with Gasteiger partial charge in [0.15, 0.2) is 0 Å². The van der Waals surface area contributed by atoms with Crippen molar-refractivity contribution in [1.82, 2.24) is 5.32 Å². The van der Waals surface area contributed by atoms with E-state index in [9.17, 15) is 14.0 Å². The van der Waals surface area contributed by atoms with E-state index < -0.39 is 17.7 Å². The van der Waals surface area contributed by atoms with Crippen molar-refractivity contribution in [3.05, 3.63) is 35.1 Å². The normalized spacial score (nSPS) is 10.1. The number of hydrogen-bond acceptors (Lipinski definition) is 2. The van der Waals surface area contributed by atoms with E-state index in [1.165, 1.54) is 12.1 Å². The third-order valence-electron chi connectivity index (χ3n) is 2.53. The van der Waals surface area contributed by atoms with Crippen LogP contribution in [0.2, 0.25) is 0 Å². The Morgan fingerprint density at radius 1 is 1.33 bits per heavy atom. The number of hydrogen-bond donors (Lipinski definition) is 2. The SMILES string of the molecule is CCCCCNC(=O)c1ccc(C(=O)O)cc1F. The predicted molar refractivity (Wildman–Crippen MR) is 65.2 cm³/mol. The molecule has 1 aromatic carbocycles. The monoisotopic (exact) mass is 253 g/mol. The van der Waals surface area contributed by atoms with Crippen molar-refractivity contribution >= 4 is 11.9 Å². The van der Waals surface area contributed by atoms with Crippen LogP contribution in [-0.4, -0.2) is 23.5 Å². The van der Waals surface area contributed by atoms with Gasteiger partial charge in [0.25, 0.3) is 5.91 Å². The Morgan fingerprint density at radius 2 is 2.06 bits per heavy atom. The number of halogens is 1. The minimum atomic E-state index is -1.22. The maximum Gasteiger partial charge on any atom is 0.335 e. The quantitative estimate of drug-likeness (QED) is 0.765. The number of nitrogens with one attached hydrogen (secondary N) is 1. The molecule has 1 amide bonds. The van der Waals surface area contributed by atoms with E-state index in [0.29, 0.717) is 6.54 Å². The van der Waals surface area contributed by atoms with Gasteiger partial charge in [-0.1, -0.05) is 19.8 Å². The molecule has 0 aromatic heterocycles. The van der Waals surface area contributed by atoms with E-state index in [4.69, 9.17) is 5.11 Å². The number of carboxylic acids is 1. The fraction of sp³-hybridized carbons (Fsp3) is 0.385. The maximum absolute atomic E-state index is 13.5. The van der Waals surface area contributed by atoms with E-state index in [0.717, 1.165) is 25.3 Å². The molecule has 0 spiro atoms. The topological polar surface area (TPSA) is 66.4 Å². The van der Waals surface area contributed by atoms with Crippen LogP contribution in [0, 0.1) is 5.82 Å². The fourth-order valence-corrected chi connectivity index (χ4v) is 1.50. The van der Waals surface area contributed by atoms with Crippen molar-refractivity contribution in [1.29, 1.82) is 0 Å². The minimum absolute atomic E-state index is 0.128. The van der Waals surface area contributed by atoms with Gasteiger partial charge in [0.05, 0.1) is 11.1 Å². The van der Waals surface area contributed by atoms with Gasteiger partial charge in [-0.3, -0.25) is 4.79 Å². The highest BCUT2D eigenvalue weighted by Gasteiger charge is 2.13. The second kappa shape index (κ2) is 6.74. The van der Waals surface area contributed by atoms with Gasteiger partial charge in [-0.15, -0.1) is 0 Å². The van der Waals surface area contributed by atoms with Crippen LogP contribution in [0.15, 0.2) is 18.2 Å². The molecule has 0 saturated carbocycles. The molecule has 1 rings (SSSR count). The molecular weight excluding hydrogens is 237 g/mol. The molecule has 0 saturated heterocycles. The summed E-state index contributed by atoms with van der Waals surface area (Å²) in [5, 5.41) is 11.3. The van der Waals surface area contributed by atoms with Crippen molar-refractivity contribution in [3.8, 4) is 0 Å². The summed E-state index contributed by atoms with van der Waals surface area (Å²) in [6.45, 7) is 2.54. The third-order valence-corrected chi connectivity index (χ3v) is 2.53. The number of rotatable bonds is 6. The number of aromatic carboxylic acids is 1. The maximum atomic E-state index is 13.5. The summed E-state index contributed by atoms with van der Waals surface area (Å²) < 4.78 is 13.5. The summed E-state index contributed by atoms with van der Waals surface area (Å²) in [4.78, 5) is 22.2. The second-order valence-corrected chi connectivity index (χ2v) is 3.96. The van der Waals surface area contributed by atoms with E-state index in [-0.39, 0.29) is 11.1 Å². The van der Waals surface area contributed by atoms with Gasteiger partial charge in [-0.05, 0) is 24.6 Å². The lowest BCUT2D eigenvalue weighted by atomic mass is 10.1. The van der Waals surface area contributed by atoms with Crippen LogP contribution in [0.25, 0.3) is 0 Å². The van der Waals surface area contributed by atoms with Gasteiger partial charge in [0, 0.05) is 6.54 Å². The van der Waals surface area contributed by atoms with Crippen LogP contribution in [0.3, 0.4) is 0 Å². The molecule has 0 radical (unpaired) electrons. The summed E-state index contributed by atoms with van der Waals surface area (Å²) in [6.07, 6.45) is 2.88. The lowest BCUT2D eigenvalue weighted by Crippen LogP contribution is -2.25. The molecule has 0 heterocycles. The predicted octanol–water partition coefficient (Wildman–Crippen LogP) is 2.44. The first-order valence-corrected chi connectivity index (χ1v) is 5.87. The average molecular weight is 253 g/mol. The van der Waals surface area contributed by atoms with Crippen molar-refractivity contribution in [2.75, 3.05) is 6.54 Å². The van der Waals surface area contributed by atoms with Crippen LogP contribution >= 0.6 is 0 Å². The van der Waals surface area contributed by atoms with Crippen molar-refractivity contribution in [3.63, 3.8) is 0 Å². The molecular formula is C13H16FNO3. The zero-order chi connectivity index (χ0) is 13.5. The summed E-state index contributed by atoms with van der Waals surface area (Å²) in [7, 11) is 0. The van der Waals surface area contributed by atoms with Crippen LogP contribution < -0.4 is 5.32 Å². The number of carboxylic acid groups (broad SMARTS) is 1. The molecule has 5 heteroatoms. The first-order valence-electron chi connectivity index (χ1n) is 5.87. The smallest absolute Gasteiger partial charge is 0.335 e. The Balaban J connectivity index is 2.66. The van der Waals surface area contributed by atoms with Gasteiger partial charge in [-0.2, -0.15) is 0 Å². The summed E-state index contributed by atoms with van der Waals surface area (Å²) in [5.41, 5.74) is -0.300. The van der Waals surface area contributed by atoms with Gasteiger partial charge >= 0.3 is 5.97 Å². The number of carbonyl (C=O) groups excluding carboxylic acids is 1. The molecule has 0 bridgehead atoms. The highest BCUT2D eigenvalue weighted by Crippen LogP contribution is 2.10. The molecule has 2 N–H and O–H groups in total. The Hall–Kier alpha value is -1.91. The Kier molecular flexibility index (Phi) is 5.30. The largest absolute Gasteiger partial charge is 0.478 e. The van der Waals surface area contributed by atoms with Crippen molar-refractivity contribution < 1.29 is 19.1 Å². The number of amides is 1. The second-order valence-electron chi connectivity index (χ2n) is 3.96. The van der Waals surface area contributed by atoms with Gasteiger partial charge < -0.3 is 10.4 Å². The molecule has 0 aliphatic carbocycles. The van der Waals surface area contributed by atoms with Gasteiger partial charge in [0.2, 0.25) is 0 Å². The zero-order valence-corrected chi connectivity index (χ0v) is 10.2. The van der Waals surface area contributed by atoms with Crippen molar-refractivity contribution in [2.24, 2.45) is 0 Å². The molecule has 18 heavy (non-hydrogen) atoms. The first kappa shape index (κ1) is 14.2. The molecule has 98 valence electrons. The number of benzene rings is 1. The summed E-state index contributed by atoms with van der Waals surface area (Å²) >= 11 is 0. The van der Waals surface area contributed by atoms with Crippen LogP contribution in [0.1, 0.15) is 46.9 Å². The summed E-state index contributed by atoms with van der Waals surface area (Å²) in [6, 6.07) is 3.25.